The smallest absolute Gasteiger partial charge is 0.339 e. The van der Waals surface area contributed by atoms with Gasteiger partial charge in [0, 0.05) is 18.4 Å². The van der Waals surface area contributed by atoms with Gasteiger partial charge in [0.2, 0.25) is 0 Å². The van der Waals surface area contributed by atoms with Crippen LogP contribution in [0.2, 0.25) is 0 Å². The zero-order valence-electron chi connectivity index (χ0n) is 14.9. The zero-order valence-corrected chi connectivity index (χ0v) is 15.7. The Balaban J connectivity index is 2.10. The van der Waals surface area contributed by atoms with Crippen molar-refractivity contribution in [2.24, 2.45) is 0 Å². The highest BCUT2D eigenvalue weighted by atomic mass is 32.2. The Kier molecular flexibility index (Phi) is 4.73. The number of thioether (sulfide) groups is 1. The first-order valence-corrected chi connectivity index (χ1v) is 8.75. The molecule has 2 heterocycles. The average Bonchev–Trinajstić information content (AvgIpc) is 3.04. The molecule has 0 atom stereocenters. The van der Waals surface area contributed by atoms with Crippen molar-refractivity contribution in [2.45, 2.75) is 13.8 Å². The fraction of sp³-hybridized carbons (Fsp3) is 0.211. The molecular weight excluding hydrogens is 352 g/mol. The molecule has 1 fully saturated rings. The molecule has 6 nitrogen and oxygen atoms in total. The molecule has 1 aliphatic heterocycles. The van der Waals surface area contributed by atoms with E-state index in [1.165, 1.54) is 14.2 Å². The van der Waals surface area contributed by atoms with Gasteiger partial charge in [-0.2, -0.15) is 0 Å². The minimum atomic E-state index is -0.415. The summed E-state index contributed by atoms with van der Waals surface area (Å²) in [5.74, 6) is -0.721. The van der Waals surface area contributed by atoms with Crippen molar-refractivity contribution in [3.05, 3.63) is 57.8 Å². The van der Waals surface area contributed by atoms with E-state index >= 15 is 0 Å². The van der Waals surface area contributed by atoms with Crippen LogP contribution in [0.3, 0.4) is 0 Å². The number of rotatable bonds is 3. The summed E-state index contributed by atoms with van der Waals surface area (Å²) in [6, 6.07) is 9.11. The molecular formula is C19H18N2O4S. The minimum Gasteiger partial charge on any atom is -0.465 e. The van der Waals surface area contributed by atoms with E-state index in [0.717, 1.165) is 33.6 Å². The Morgan fingerprint density at radius 1 is 1.19 bits per heavy atom. The van der Waals surface area contributed by atoms with E-state index in [0.29, 0.717) is 16.2 Å². The summed E-state index contributed by atoms with van der Waals surface area (Å²) in [4.78, 5) is 37.4. The number of imide groups is 1. The predicted molar refractivity (Wildman–Crippen MR) is 100 cm³/mol. The van der Waals surface area contributed by atoms with E-state index < -0.39 is 5.97 Å². The molecule has 1 aromatic heterocycles. The van der Waals surface area contributed by atoms with Gasteiger partial charge in [-0.25, -0.2) is 4.79 Å². The van der Waals surface area contributed by atoms with Crippen LogP contribution in [0.1, 0.15) is 27.3 Å². The van der Waals surface area contributed by atoms with Gasteiger partial charge in [0.15, 0.2) is 0 Å². The molecule has 0 bridgehead atoms. The number of hydrogen-bond acceptors (Lipinski definition) is 5. The molecule has 0 saturated carbocycles. The van der Waals surface area contributed by atoms with Crippen molar-refractivity contribution in [2.75, 3.05) is 14.2 Å². The van der Waals surface area contributed by atoms with Crippen LogP contribution >= 0.6 is 11.8 Å². The van der Waals surface area contributed by atoms with Gasteiger partial charge in [0.05, 0.1) is 23.3 Å². The molecule has 0 radical (unpaired) electrons. The Morgan fingerprint density at radius 3 is 2.50 bits per heavy atom. The van der Waals surface area contributed by atoms with Gasteiger partial charge in [0.25, 0.3) is 11.1 Å². The Labute approximate surface area is 155 Å². The van der Waals surface area contributed by atoms with Crippen LogP contribution in [0.4, 0.5) is 4.79 Å². The number of carbonyl (C=O) groups excluding carboxylic acids is 3. The maximum absolute atomic E-state index is 12.1. The number of amides is 2. The number of carbonyl (C=O) groups is 3. The molecule has 2 aromatic rings. The molecule has 0 unspecified atom stereocenters. The number of aryl methyl sites for hydroxylation is 1. The second-order valence-electron chi connectivity index (χ2n) is 5.91. The molecule has 134 valence electrons. The topological polar surface area (TPSA) is 68.6 Å². The zero-order chi connectivity index (χ0) is 19.0. The summed E-state index contributed by atoms with van der Waals surface area (Å²) in [5.41, 5.74) is 3.75. The number of likely N-dealkylation sites (N-methyl/N-ethyl adjacent to an activating group) is 1. The summed E-state index contributed by atoms with van der Waals surface area (Å²) in [7, 11) is 2.81. The van der Waals surface area contributed by atoms with Crippen LogP contribution in [0.15, 0.2) is 35.2 Å². The number of methoxy groups -OCH3 is 1. The van der Waals surface area contributed by atoms with Crippen LogP contribution < -0.4 is 0 Å². The van der Waals surface area contributed by atoms with Gasteiger partial charge in [-0.3, -0.25) is 14.5 Å². The molecule has 1 aliphatic rings. The normalized spacial score (nSPS) is 15.8. The third-order valence-corrected chi connectivity index (χ3v) is 5.25. The Morgan fingerprint density at radius 2 is 1.88 bits per heavy atom. The van der Waals surface area contributed by atoms with Gasteiger partial charge in [0.1, 0.15) is 0 Å². The minimum absolute atomic E-state index is 0.286. The van der Waals surface area contributed by atoms with Crippen LogP contribution in [-0.2, 0) is 9.53 Å². The number of hydrogen-bond donors (Lipinski definition) is 0. The van der Waals surface area contributed by atoms with Crippen molar-refractivity contribution in [1.82, 2.24) is 9.47 Å². The molecule has 7 heteroatoms. The maximum atomic E-state index is 12.1. The molecule has 3 rings (SSSR count). The number of ether oxygens (including phenoxy) is 1. The maximum Gasteiger partial charge on any atom is 0.339 e. The van der Waals surface area contributed by atoms with E-state index in [-0.39, 0.29) is 11.1 Å². The summed E-state index contributed by atoms with van der Waals surface area (Å²) >= 11 is 0.923. The largest absolute Gasteiger partial charge is 0.465 e. The third kappa shape index (κ3) is 2.94. The summed E-state index contributed by atoms with van der Waals surface area (Å²) < 4.78 is 6.81. The molecule has 1 aromatic carbocycles. The van der Waals surface area contributed by atoms with Gasteiger partial charge in [-0.05, 0) is 55.4 Å². The second-order valence-corrected chi connectivity index (χ2v) is 6.90. The predicted octanol–water partition coefficient (Wildman–Crippen LogP) is 3.55. The number of esters is 1. The second kappa shape index (κ2) is 6.84. The van der Waals surface area contributed by atoms with Gasteiger partial charge < -0.3 is 9.30 Å². The lowest BCUT2D eigenvalue weighted by atomic mass is 10.1. The first kappa shape index (κ1) is 18.0. The van der Waals surface area contributed by atoms with Crippen molar-refractivity contribution >= 4 is 35.0 Å². The summed E-state index contributed by atoms with van der Waals surface area (Å²) in [6.45, 7) is 3.83. The summed E-state index contributed by atoms with van der Waals surface area (Å²) in [6.07, 6.45) is 1.72. The lowest BCUT2D eigenvalue weighted by Crippen LogP contribution is -2.22. The number of para-hydroxylation sites is 1. The fourth-order valence-corrected chi connectivity index (χ4v) is 3.76. The lowest BCUT2D eigenvalue weighted by Gasteiger charge is -2.13. The van der Waals surface area contributed by atoms with Gasteiger partial charge in [-0.1, -0.05) is 12.1 Å². The van der Waals surface area contributed by atoms with E-state index in [1.54, 1.807) is 18.2 Å². The van der Waals surface area contributed by atoms with Gasteiger partial charge in [-0.15, -0.1) is 0 Å². The van der Waals surface area contributed by atoms with Crippen molar-refractivity contribution in [3.8, 4) is 5.69 Å². The van der Waals surface area contributed by atoms with E-state index in [1.807, 2.05) is 36.6 Å². The third-order valence-electron chi connectivity index (χ3n) is 4.29. The highest BCUT2D eigenvalue weighted by molar-refractivity contribution is 8.18. The monoisotopic (exact) mass is 370 g/mol. The van der Waals surface area contributed by atoms with Crippen LogP contribution in [0.5, 0.6) is 0 Å². The van der Waals surface area contributed by atoms with Crippen molar-refractivity contribution in [3.63, 3.8) is 0 Å². The van der Waals surface area contributed by atoms with E-state index in [4.69, 9.17) is 4.74 Å². The summed E-state index contributed by atoms with van der Waals surface area (Å²) in [5, 5.41) is -0.286. The Bertz CT molecular complexity index is 958. The number of benzene rings is 1. The van der Waals surface area contributed by atoms with Crippen molar-refractivity contribution in [1.29, 1.82) is 0 Å². The van der Waals surface area contributed by atoms with Crippen LogP contribution in [0.25, 0.3) is 11.8 Å². The quantitative estimate of drug-likeness (QED) is 0.610. The SMILES string of the molecule is COC(=O)c1ccccc1-n1c(C)cc(/C=C2\SC(=O)N(C)C2=O)c1C. The molecule has 1 saturated heterocycles. The molecule has 26 heavy (non-hydrogen) atoms. The van der Waals surface area contributed by atoms with E-state index in [2.05, 4.69) is 0 Å². The molecule has 0 spiro atoms. The molecule has 2 amide bonds. The average molecular weight is 370 g/mol. The first-order chi connectivity index (χ1) is 12.3. The Hall–Kier alpha value is -2.80. The standard InChI is InChI=1S/C19H18N2O4S/c1-11-9-13(10-16-17(22)20(3)19(24)26-16)12(2)21(11)15-8-6-5-7-14(15)18(23)25-4/h5-10H,1-4H3/b16-10-. The highest BCUT2D eigenvalue weighted by Gasteiger charge is 2.32. The van der Waals surface area contributed by atoms with E-state index in [9.17, 15) is 14.4 Å². The fourth-order valence-electron chi connectivity index (χ4n) is 2.94. The molecule has 0 aliphatic carbocycles. The highest BCUT2D eigenvalue weighted by Crippen LogP contribution is 2.33. The lowest BCUT2D eigenvalue weighted by molar-refractivity contribution is -0.121. The van der Waals surface area contributed by atoms with Gasteiger partial charge >= 0.3 is 5.97 Å². The van der Waals surface area contributed by atoms with Crippen LogP contribution in [-0.4, -0.2) is 40.7 Å². The van der Waals surface area contributed by atoms with Crippen molar-refractivity contribution < 1.29 is 19.1 Å². The first-order valence-electron chi connectivity index (χ1n) is 7.93. The van der Waals surface area contributed by atoms with Crippen LogP contribution in [0, 0.1) is 13.8 Å². The molecule has 0 N–H and O–H groups in total. The number of aromatic nitrogens is 1. The number of nitrogens with zero attached hydrogens (tertiary/aromatic N) is 2.